The first-order chi connectivity index (χ1) is 11.3. The Balaban J connectivity index is 1.51. The van der Waals surface area contributed by atoms with Crippen molar-refractivity contribution in [2.24, 2.45) is 11.8 Å². The molecule has 23 heavy (non-hydrogen) atoms. The second-order valence-corrected chi connectivity index (χ2v) is 6.71. The second kappa shape index (κ2) is 4.54. The molecule has 3 heterocycles. The summed E-state index contributed by atoms with van der Waals surface area (Å²) >= 11 is 0. The molecule has 0 spiro atoms. The third kappa shape index (κ3) is 1.65. The summed E-state index contributed by atoms with van der Waals surface area (Å²) in [6, 6.07) is 3.42. The van der Waals surface area contributed by atoms with Crippen molar-refractivity contribution in [1.29, 1.82) is 0 Å². The summed E-state index contributed by atoms with van der Waals surface area (Å²) in [6.45, 7) is 1.35. The molecule has 2 bridgehead atoms. The van der Waals surface area contributed by atoms with Crippen molar-refractivity contribution in [3.8, 4) is 0 Å². The number of aldehydes is 1. The Morgan fingerprint density at radius 3 is 2.87 bits per heavy atom. The zero-order valence-corrected chi connectivity index (χ0v) is 12.7. The highest BCUT2D eigenvalue weighted by atomic mass is 16.2. The van der Waals surface area contributed by atoms with Crippen molar-refractivity contribution < 1.29 is 9.59 Å². The van der Waals surface area contributed by atoms with Crippen LogP contribution in [0.15, 0.2) is 41.4 Å². The number of hydrogen-bond acceptors (Lipinski definition) is 4. The highest BCUT2D eigenvalue weighted by molar-refractivity contribution is 6.04. The first-order valence-electron chi connectivity index (χ1n) is 8.23. The summed E-state index contributed by atoms with van der Waals surface area (Å²) in [6.07, 6.45) is 7.96. The van der Waals surface area contributed by atoms with E-state index in [9.17, 15) is 9.59 Å². The molecule has 0 saturated heterocycles. The van der Waals surface area contributed by atoms with Crippen LogP contribution in [0.1, 0.15) is 29.6 Å². The van der Waals surface area contributed by atoms with Crippen molar-refractivity contribution in [1.82, 2.24) is 9.88 Å². The Hall–Kier alpha value is -2.43. The van der Waals surface area contributed by atoms with Gasteiger partial charge in [0.15, 0.2) is 6.29 Å². The Morgan fingerprint density at radius 1 is 1.17 bits per heavy atom. The first kappa shape index (κ1) is 13.0. The van der Waals surface area contributed by atoms with E-state index in [0.29, 0.717) is 29.8 Å². The summed E-state index contributed by atoms with van der Waals surface area (Å²) in [7, 11) is 0. The molecule has 0 N–H and O–H groups in total. The highest BCUT2D eigenvalue weighted by Gasteiger charge is 2.50. The third-order valence-corrected chi connectivity index (χ3v) is 5.63. The van der Waals surface area contributed by atoms with Crippen molar-refractivity contribution in [3.63, 3.8) is 0 Å². The van der Waals surface area contributed by atoms with E-state index in [1.54, 1.807) is 29.3 Å². The number of amides is 1. The fourth-order valence-corrected chi connectivity index (χ4v) is 4.69. The largest absolute Gasteiger partial charge is 0.342 e. The van der Waals surface area contributed by atoms with E-state index in [1.807, 2.05) is 0 Å². The Kier molecular flexibility index (Phi) is 2.57. The number of pyridine rings is 1. The number of carbonyl (C=O) groups excluding carboxylic acids is 2. The number of rotatable bonds is 2. The van der Waals surface area contributed by atoms with Gasteiger partial charge in [0.1, 0.15) is 5.82 Å². The molecule has 0 radical (unpaired) electrons. The molecule has 5 rings (SSSR count). The summed E-state index contributed by atoms with van der Waals surface area (Å²) in [5, 5.41) is 0. The van der Waals surface area contributed by atoms with E-state index in [1.165, 1.54) is 30.5 Å². The molecule has 1 saturated carbocycles. The molecule has 1 fully saturated rings. The summed E-state index contributed by atoms with van der Waals surface area (Å²) in [4.78, 5) is 32.2. The van der Waals surface area contributed by atoms with E-state index in [4.69, 9.17) is 0 Å². The van der Waals surface area contributed by atoms with E-state index in [0.717, 1.165) is 18.5 Å². The number of allylic oxidation sites excluding steroid dienone is 2. The monoisotopic (exact) mass is 307 g/mol. The maximum absolute atomic E-state index is 12.7. The fraction of sp³-hybridized carbons (Fsp3) is 0.389. The van der Waals surface area contributed by atoms with E-state index in [2.05, 4.69) is 9.88 Å². The van der Waals surface area contributed by atoms with Gasteiger partial charge >= 0.3 is 0 Å². The molecule has 5 heteroatoms. The smallest absolute Gasteiger partial charge is 0.254 e. The number of hydrogen-bond donors (Lipinski definition) is 0. The average Bonchev–Trinajstić information content (AvgIpc) is 3.11. The van der Waals surface area contributed by atoms with Crippen LogP contribution in [0.3, 0.4) is 0 Å². The van der Waals surface area contributed by atoms with Crippen LogP contribution in [0.4, 0.5) is 5.82 Å². The zero-order chi connectivity index (χ0) is 15.6. The summed E-state index contributed by atoms with van der Waals surface area (Å²) in [5.74, 6) is 1.76. The molecule has 2 atom stereocenters. The van der Waals surface area contributed by atoms with E-state index in [-0.39, 0.29) is 5.91 Å². The molecule has 116 valence electrons. The molecule has 5 nitrogen and oxygen atoms in total. The van der Waals surface area contributed by atoms with Gasteiger partial charge in [-0.3, -0.25) is 14.5 Å². The van der Waals surface area contributed by atoms with Crippen LogP contribution in [-0.4, -0.2) is 35.2 Å². The predicted octanol–water partition coefficient (Wildman–Crippen LogP) is 2.12. The van der Waals surface area contributed by atoms with Crippen molar-refractivity contribution in [2.45, 2.75) is 19.3 Å². The van der Waals surface area contributed by atoms with Gasteiger partial charge in [0, 0.05) is 37.0 Å². The van der Waals surface area contributed by atoms with Crippen LogP contribution < -0.4 is 4.90 Å². The normalized spacial score (nSPS) is 28.2. The highest BCUT2D eigenvalue weighted by Crippen LogP contribution is 2.59. The van der Waals surface area contributed by atoms with Gasteiger partial charge in [-0.05, 0) is 42.9 Å². The number of fused-ring (bicyclic) bond motifs is 7. The molecular formula is C18H17N3O2. The molecule has 2 aliphatic heterocycles. The van der Waals surface area contributed by atoms with Crippen LogP contribution in [0.2, 0.25) is 0 Å². The standard InChI is InChI=1S/C18H17N3O2/c22-10-13-2-1-5-19-18(13)21-7-6-20-14(9-15(21)23)16-11-3-4-12(8-11)17(16)20/h1-2,5,9-12H,3-4,6-8H2/t11-,12+/m0/s1. The Morgan fingerprint density at radius 2 is 2.00 bits per heavy atom. The molecule has 1 aromatic rings. The molecule has 2 aliphatic carbocycles. The quantitative estimate of drug-likeness (QED) is 0.785. The van der Waals surface area contributed by atoms with Crippen LogP contribution >= 0.6 is 0 Å². The van der Waals surface area contributed by atoms with Crippen LogP contribution in [0.25, 0.3) is 0 Å². The molecule has 1 amide bonds. The average molecular weight is 307 g/mol. The van der Waals surface area contributed by atoms with Gasteiger partial charge in [0.25, 0.3) is 5.91 Å². The summed E-state index contributed by atoms with van der Waals surface area (Å²) < 4.78 is 0. The number of nitrogens with zero attached hydrogens (tertiary/aromatic N) is 3. The van der Waals surface area contributed by atoms with Gasteiger partial charge in [0.05, 0.1) is 11.3 Å². The van der Waals surface area contributed by atoms with Crippen LogP contribution in [0, 0.1) is 11.8 Å². The van der Waals surface area contributed by atoms with Gasteiger partial charge in [-0.2, -0.15) is 0 Å². The minimum absolute atomic E-state index is 0.0707. The molecule has 0 unspecified atom stereocenters. The predicted molar refractivity (Wildman–Crippen MR) is 84.6 cm³/mol. The Bertz CT molecular complexity index is 795. The van der Waals surface area contributed by atoms with Crippen molar-refractivity contribution in [3.05, 3.63) is 46.9 Å². The maximum Gasteiger partial charge on any atom is 0.254 e. The van der Waals surface area contributed by atoms with Gasteiger partial charge in [-0.15, -0.1) is 0 Å². The number of anilines is 1. The SMILES string of the molecule is O=Cc1cccnc1N1CCN2C(=CC1=O)C1=C2[C@@H]2CC[C@H]1C2. The van der Waals surface area contributed by atoms with E-state index < -0.39 is 0 Å². The lowest BCUT2D eigenvalue weighted by Gasteiger charge is -2.43. The van der Waals surface area contributed by atoms with E-state index >= 15 is 0 Å². The lowest BCUT2D eigenvalue weighted by atomic mass is 9.86. The lowest BCUT2D eigenvalue weighted by Crippen LogP contribution is -2.40. The number of aromatic nitrogens is 1. The van der Waals surface area contributed by atoms with Crippen LogP contribution in [-0.2, 0) is 4.79 Å². The van der Waals surface area contributed by atoms with Crippen LogP contribution in [0.5, 0.6) is 0 Å². The lowest BCUT2D eigenvalue weighted by molar-refractivity contribution is -0.114. The zero-order valence-electron chi connectivity index (χ0n) is 12.7. The molecule has 1 aromatic heterocycles. The topological polar surface area (TPSA) is 53.5 Å². The summed E-state index contributed by atoms with van der Waals surface area (Å²) in [5.41, 5.74) is 4.50. The maximum atomic E-state index is 12.7. The molecule has 0 aromatic carbocycles. The van der Waals surface area contributed by atoms with Crippen molar-refractivity contribution >= 4 is 18.0 Å². The van der Waals surface area contributed by atoms with Gasteiger partial charge < -0.3 is 4.90 Å². The van der Waals surface area contributed by atoms with Gasteiger partial charge in [-0.25, -0.2) is 4.98 Å². The minimum Gasteiger partial charge on any atom is -0.342 e. The third-order valence-electron chi connectivity index (χ3n) is 5.63. The fourth-order valence-electron chi connectivity index (χ4n) is 4.69. The molecule has 4 aliphatic rings. The molecular weight excluding hydrogens is 290 g/mol. The van der Waals surface area contributed by atoms with Crippen molar-refractivity contribution in [2.75, 3.05) is 18.0 Å². The minimum atomic E-state index is -0.0707. The number of carbonyl (C=O) groups is 2. The first-order valence-corrected chi connectivity index (χ1v) is 8.23. The van der Waals surface area contributed by atoms with Gasteiger partial charge in [0.2, 0.25) is 0 Å². The Labute approximate surface area is 134 Å². The second-order valence-electron chi connectivity index (χ2n) is 6.71. The van der Waals surface area contributed by atoms with Gasteiger partial charge in [-0.1, -0.05) is 0 Å².